The normalized spacial score (nSPS) is 11.9. The SMILES string of the molecule is c1ccc2c(c1)c1cc3c4ccccc4n(-c4ccncc4)c3cc1c1nccnc21. The molecule has 3 aromatic heterocycles. The molecule has 3 heterocycles. The van der Waals surface area contributed by atoms with Gasteiger partial charge in [0.1, 0.15) is 0 Å². The fraction of sp³-hybridized carbons (Fsp3) is 0. The summed E-state index contributed by atoms with van der Waals surface area (Å²) in [6.07, 6.45) is 7.23. The van der Waals surface area contributed by atoms with Crippen molar-refractivity contribution in [1.82, 2.24) is 19.5 Å². The van der Waals surface area contributed by atoms with Crippen LogP contribution < -0.4 is 0 Å². The minimum atomic E-state index is 0.935. The lowest BCUT2D eigenvalue weighted by Crippen LogP contribution is -1.94. The van der Waals surface area contributed by atoms with E-state index in [1.807, 2.05) is 24.5 Å². The highest BCUT2D eigenvalue weighted by Crippen LogP contribution is 2.39. The molecular formula is C27H16N4. The van der Waals surface area contributed by atoms with Gasteiger partial charge in [-0.3, -0.25) is 15.0 Å². The number of nitrogens with zero attached hydrogens (tertiary/aromatic N) is 4. The van der Waals surface area contributed by atoms with Gasteiger partial charge in [-0.2, -0.15) is 0 Å². The van der Waals surface area contributed by atoms with Crippen LogP contribution in [0.15, 0.2) is 97.6 Å². The Hall–Kier alpha value is -4.31. The molecule has 0 radical (unpaired) electrons. The third kappa shape index (κ3) is 2.21. The maximum atomic E-state index is 4.74. The van der Waals surface area contributed by atoms with Crippen LogP contribution in [0, 0.1) is 0 Å². The van der Waals surface area contributed by atoms with Crippen LogP contribution in [0.25, 0.3) is 60.1 Å². The van der Waals surface area contributed by atoms with Crippen LogP contribution in [-0.2, 0) is 0 Å². The van der Waals surface area contributed by atoms with Gasteiger partial charge in [-0.05, 0) is 41.1 Å². The number of hydrogen-bond donors (Lipinski definition) is 0. The first-order valence-electron chi connectivity index (χ1n) is 10.3. The third-order valence-electron chi connectivity index (χ3n) is 6.16. The molecule has 4 nitrogen and oxygen atoms in total. The molecule has 0 aliphatic heterocycles. The van der Waals surface area contributed by atoms with Crippen LogP contribution in [0.1, 0.15) is 0 Å². The molecule has 0 atom stereocenters. The van der Waals surface area contributed by atoms with Crippen molar-refractivity contribution in [1.29, 1.82) is 0 Å². The van der Waals surface area contributed by atoms with Crippen molar-refractivity contribution in [3.8, 4) is 5.69 Å². The predicted octanol–water partition coefficient (Wildman–Crippen LogP) is 6.43. The lowest BCUT2D eigenvalue weighted by atomic mass is 9.97. The molecule has 0 amide bonds. The Kier molecular flexibility index (Phi) is 3.24. The average Bonchev–Trinajstić information content (AvgIpc) is 3.17. The van der Waals surface area contributed by atoms with E-state index < -0.39 is 0 Å². The van der Waals surface area contributed by atoms with Crippen LogP contribution in [0.5, 0.6) is 0 Å². The summed E-state index contributed by atoms with van der Waals surface area (Å²) in [4.78, 5) is 13.6. The summed E-state index contributed by atoms with van der Waals surface area (Å²) in [5.74, 6) is 0. The molecule has 31 heavy (non-hydrogen) atoms. The highest BCUT2D eigenvalue weighted by Gasteiger charge is 2.16. The number of para-hydroxylation sites is 1. The van der Waals surface area contributed by atoms with E-state index in [0.717, 1.165) is 33.0 Å². The maximum absolute atomic E-state index is 4.74. The van der Waals surface area contributed by atoms with Crippen molar-refractivity contribution >= 4 is 54.4 Å². The Bertz CT molecular complexity index is 1780. The zero-order valence-electron chi connectivity index (χ0n) is 16.5. The summed E-state index contributed by atoms with van der Waals surface area (Å²) >= 11 is 0. The van der Waals surface area contributed by atoms with Crippen LogP contribution >= 0.6 is 0 Å². The Morgan fingerprint density at radius 2 is 1.16 bits per heavy atom. The zero-order valence-corrected chi connectivity index (χ0v) is 16.5. The summed E-state index contributed by atoms with van der Waals surface area (Å²) < 4.78 is 2.31. The molecule has 0 saturated heterocycles. The number of aromatic nitrogens is 4. The molecule has 4 aromatic carbocycles. The van der Waals surface area contributed by atoms with E-state index in [0.29, 0.717) is 0 Å². The fourth-order valence-electron chi connectivity index (χ4n) is 4.86. The van der Waals surface area contributed by atoms with Crippen LogP contribution in [0.2, 0.25) is 0 Å². The molecule has 4 heteroatoms. The molecule has 144 valence electrons. The topological polar surface area (TPSA) is 43.6 Å². The Morgan fingerprint density at radius 1 is 0.484 bits per heavy atom. The molecule has 0 N–H and O–H groups in total. The van der Waals surface area contributed by atoms with Gasteiger partial charge in [-0.15, -0.1) is 0 Å². The van der Waals surface area contributed by atoms with Gasteiger partial charge in [-0.25, -0.2) is 0 Å². The highest BCUT2D eigenvalue weighted by molar-refractivity contribution is 6.27. The van der Waals surface area contributed by atoms with E-state index in [1.54, 1.807) is 12.4 Å². The van der Waals surface area contributed by atoms with Crippen molar-refractivity contribution in [3.05, 3.63) is 97.6 Å². The molecule has 7 rings (SSSR count). The van der Waals surface area contributed by atoms with Gasteiger partial charge in [0, 0.05) is 52.0 Å². The first-order chi connectivity index (χ1) is 15.4. The molecule has 0 bridgehead atoms. The van der Waals surface area contributed by atoms with Gasteiger partial charge in [0.2, 0.25) is 0 Å². The lowest BCUT2D eigenvalue weighted by molar-refractivity contribution is 1.16. The van der Waals surface area contributed by atoms with Crippen molar-refractivity contribution in [2.24, 2.45) is 0 Å². The van der Waals surface area contributed by atoms with Gasteiger partial charge >= 0.3 is 0 Å². The number of benzene rings is 4. The summed E-state index contributed by atoms with van der Waals surface area (Å²) in [5, 5.41) is 7.12. The first-order valence-corrected chi connectivity index (χ1v) is 10.3. The fourth-order valence-corrected chi connectivity index (χ4v) is 4.86. The predicted molar refractivity (Wildman–Crippen MR) is 127 cm³/mol. The van der Waals surface area contributed by atoms with Crippen LogP contribution in [0.4, 0.5) is 0 Å². The molecule has 0 unspecified atom stereocenters. The minimum absolute atomic E-state index is 0.935. The lowest BCUT2D eigenvalue weighted by Gasteiger charge is -2.11. The summed E-state index contributed by atoms with van der Waals surface area (Å²) in [6.45, 7) is 0. The van der Waals surface area contributed by atoms with Crippen molar-refractivity contribution in [3.63, 3.8) is 0 Å². The van der Waals surface area contributed by atoms with E-state index in [2.05, 4.69) is 75.2 Å². The van der Waals surface area contributed by atoms with Gasteiger partial charge < -0.3 is 4.57 Å². The number of fused-ring (bicyclic) bond motifs is 9. The second kappa shape index (κ2) is 6.09. The maximum Gasteiger partial charge on any atom is 0.0972 e. The molecule has 0 spiro atoms. The molecule has 0 saturated carbocycles. The van der Waals surface area contributed by atoms with E-state index in [-0.39, 0.29) is 0 Å². The van der Waals surface area contributed by atoms with Crippen molar-refractivity contribution in [2.75, 3.05) is 0 Å². The van der Waals surface area contributed by atoms with E-state index >= 15 is 0 Å². The quantitative estimate of drug-likeness (QED) is 0.300. The van der Waals surface area contributed by atoms with E-state index in [9.17, 15) is 0 Å². The molecular weight excluding hydrogens is 380 g/mol. The molecule has 0 aliphatic carbocycles. The van der Waals surface area contributed by atoms with E-state index in [1.165, 1.54) is 27.1 Å². The second-order valence-electron chi connectivity index (χ2n) is 7.77. The molecule has 0 aliphatic rings. The van der Waals surface area contributed by atoms with Gasteiger partial charge in [0.05, 0.1) is 22.1 Å². The Labute approximate surface area is 177 Å². The third-order valence-corrected chi connectivity index (χ3v) is 6.16. The van der Waals surface area contributed by atoms with E-state index in [4.69, 9.17) is 4.98 Å². The highest BCUT2D eigenvalue weighted by atomic mass is 15.0. The standard InChI is InChI=1S/C27H16N4/c1-2-7-20-18(5-1)21-15-22-19-6-3-4-8-24(19)31(17-9-11-28-12-10-17)25(22)16-23(21)27-26(20)29-13-14-30-27/h1-16H. The molecule has 7 aromatic rings. The van der Waals surface area contributed by atoms with Crippen molar-refractivity contribution < 1.29 is 0 Å². The van der Waals surface area contributed by atoms with Crippen molar-refractivity contribution in [2.45, 2.75) is 0 Å². The van der Waals surface area contributed by atoms with Crippen LogP contribution in [0.3, 0.4) is 0 Å². The zero-order chi connectivity index (χ0) is 20.4. The second-order valence-corrected chi connectivity index (χ2v) is 7.77. The minimum Gasteiger partial charge on any atom is -0.309 e. The summed E-state index contributed by atoms with van der Waals surface area (Å²) in [7, 11) is 0. The largest absolute Gasteiger partial charge is 0.309 e. The number of pyridine rings is 1. The Balaban J connectivity index is 1.78. The smallest absolute Gasteiger partial charge is 0.0972 e. The summed E-state index contributed by atoms with van der Waals surface area (Å²) in [6, 6.07) is 25.7. The monoisotopic (exact) mass is 396 g/mol. The number of rotatable bonds is 1. The average molecular weight is 396 g/mol. The number of hydrogen-bond acceptors (Lipinski definition) is 3. The first kappa shape index (κ1) is 16.5. The Morgan fingerprint density at radius 3 is 1.97 bits per heavy atom. The van der Waals surface area contributed by atoms with Crippen LogP contribution in [-0.4, -0.2) is 19.5 Å². The van der Waals surface area contributed by atoms with Gasteiger partial charge in [0.25, 0.3) is 0 Å². The van der Waals surface area contributed by atoms with Gasteiger partial charge in [-0.1, -0.05) is 42.5 Å². The van der Waals surface area contributed by atoms with Gasteiger partial charge in [0.15, 0.2) is 0 Å². The molecule has 0 fully saturated rings. The summed E-state index contributed by atoms with van der Waals surface area (Å²) in [5.41, 5.74) is 5.30.